The van der Waals surface area contributed by atoms with E-state index >= 15 is 0 Å². The van der Waals surface area contributed by atoms with Gasteiger partial charge >= 0.3 is 0 Å². The van der Waals surface area contributed by atoms with Gasteiger partial charge in [-0.25, -0.2) is 0 Å². The third kappa shape index (κ3) is 4.56. The minimum absolute atomic E-state index is 0.251. The van der Waals surface area contributed by atoms with Gasteiger partial charge in [-0.1, -0.05) is 24.9 Å². The van der Waals surface area contributed by atoms with E-state index in [0.717, 1.165) is 38.1 Å². The van der Waals surface area contributed by atoms with Crippen molar-refractivity contribution in [3.05, 3.63) is 11.7 Å². The van der Waals surface area contributed by atoms with Gasteiger partial charge in [0.15, 0.2) is 5.82 Å². The lowest BCUT2D eigenvalue weighted by Gasteiger charge is -2.29. The van der Waals surface area contributed by atoms with Crippen molar-refractivity contribution in [2.24, 2.45) is 0 Å². The van der Waals surface area contributed by atoms with Crippen LogP contribution >= 0.6 is 0 Å². The number of hydrogen-bond donors (Lipinski definition) is 1. The Bertz CT molecular complexity index is 392. The van der Waals surface area contributed by atoms with Crippen molar-refractivity contribution in [2.45, 2.75) is 77.5 Å². The van der Waals surface area contributed by atoms with E-state index in [1.807, 2.05) is 6.92 Å². The van der Waals surface area contributed by atoms with E-state index in [0.29, 0.717) is 18.5 Å². The molecule has 1 fully saturated rings. The fourth-order valence-corrected chi connectivity index (χ4v) is 2.96. The van der Waals surface area contributed by atoms with Crippen molar-refractivity contribution >= 4 is 0 Å². The van der Waals surface area contributed by atoms with Crippen LogP contribution in [0.3, 0.4) is 0 Å². The molecule has 0 amide bonds. The number of hydrogen-bond acceptors (Lipinski definition) is 5. The molecule has 1 saturated heterocycles. The van der Waals surface area contributed by atoms with E-state index in [2.05, 4.69) is 22.0 Å². The average molecular weight is 281 g/mol. The van der Waals surface area contributed by atoms with Crippen LogP contribution in [0.4, 0.5) is 0 Å². The SMILES string of the molecule is CCCc1noc(CN2CCCCCC2CC(C)O)n1. The summed E-state index contributed by atoms with van der Waals surface area (Å²) in [5.41, 5.74) is 0. The zero-order chi connectivity index (χ0) is 14.4. The second-order valence-electron chi connectivity index (χ2n) is 5.91. The lowest BCUT2D eigenvalue weighted by atomic mass is 10.0. The molecular weight excluding hydrogens is 254 g/mol. The first-order valence-electron chi connectivity index (χ1n) is 7.92. The molecule has 5 nitrogen and oxygen atoms in total. The Labute approximate surface area is 121 Å². The summed E-state index contributed by atoms with van der Waals surface area (Å²) in [7, 11) is 0. The molecule has 2 rings (SSSR count). The molecular formula is C15H27N3O2. The predicted molar refractivity (Wildman–Crippen MR) is 77.3 cm³/mol. The normalized spacial score (nSPS) is 22.6. The molecule has 0 aromatic carbocycles. The largest absolute Gasteiger partial charge is 0.393 e. The first-order chi connectivity index (χ1) is 9.69. The van der Waals surface area contributed by atoms with E-state index < -0.39 is 0 Å². The van der Waals surface area contributed by atoms with Crippen molar-refractivity contribution in [3.8, 4) is 0 Å². The van der Waals surface area contributed by atoms with E-state index in [9.17, 15) is 5.11 Å². The van der Waals surface area contributed by atoms with Crippen LogP contribution in [-0.4, -0.2) is 38.8 Å². The molecule has 1 N–H and O–H groups in total. The zero-order valence-electron chi connectivity index (χ0n) is 12.7. The number of aliphatic hydroxyl groups is 1. The summed E-state index contributed by atoms with van der Waals surface area (Å²) in [5.74, 6) is 1.52. The maximum atomic E-state index is 9.68. The molecule has 2 atom stereocenters. The van der Waals surface area contributed by atoms with E-state index in [-0.39, 0.29) is 6.10 Å². The molecule has 0 spiro atoms. The molecule has 2 unspecified atom stereocenters. The minimum Gasteiger partial charge on any atom is -0.393 e. The molecule has 114 valence electrons. The van der Waals surface area contributed by atoms with Gasteiger partial charge in [-0.15, -0.1) is 0 Å². The van der Waals surface area contributed by atoms with Crippen LogP contribution in [-0.2, 0) is 13.0 Å². The number of nitrogens with zero attached hydrogens (tertiary/aromatic N) is 3. The average Bonchev–Trinajstić information content (AvgIpc) is 2.72. The first-order valence-corrected chi connectivity index (χ1v) is 7.92. The maximum absolute atomic E-state index is 9.68. The van der Waals surface area contributed by atoms with Gasteiger partial charge in [0.05, 0.1) is 12.6 Å². The van der Waals surface area contributed by atoms with Gasteiger partial charge in [0.25, 0.3) is 0 Å². The van der Waals surface area contributed by atoms with E-state index in [1.54, 1.807) is 0 Å². The Hall–Kier alpha value is -0.940. The molecule has 0 saturated carbocycles. The van der Waals surface area contributed by atoms with Crippen LogP contribution < -0.4 is 0 Å². The summed E-state index contributed by atoms with van der Waals surface area (Å²) >= 11 is 0. The molecule has 2 heterocycles. The van der Waals surface area contributed by atoms with Crippen LogP contribution in [0.15, 0.2) is 4.52 Å². The lowest BCUT2D eigenvalue weighted by molar-refractivity contribution is 0.100. The van der Waals surface area contributed by atoms with Crippen LogP contribution in [0, 0.1) is 0 Å². The van der Waals surface area contributed by atoms with Gasteiger partial charge in [0.1, 0.15) is 0 Å². The number of aryl methyl sites for hydroxylation is 1. The van der Waals surface area contributed by atoms with Crippen molar-refractivity contribution in [3.63, 3.8) is 0 Å². The van der Waals surface area contributed by atoms with Gasteiger partial charge in [-0.3, -0.25) is 4.90 Å². The summed E-state index contributed by atoms with van der Waals surface area (Å²) in [5, 5.41) is 13.7. The monoisotopic (exact) mass is 281 g/mol. The second-order valence-corrected chi connectivity index (χ2v) is 5.91. The molecule has 5 heteroatoms. The Morgan fingerprint density at radius 2 is 2.25 bits per heavy atom. The molecule has 0 radical (unpaired) electrons. The molecule has 0 bridgehead atoms. The number of aliphatic hydroxyl groups excluding tert-OH is 1. The highest BCUT2D eigenvalue weighted by Gasteiger charge is 2.24. The van der Waals surface area contributed by atoms with E-state index in [1.165, 1.54) is 19.3 Å². The van der Waals surface area contributed by atoms with E-state index in [4.69, 9.17) is 4.52 Å². The molecule has 1 aromatic heterocycles. The van der Waals surface area contributed by atoms with Crippen LogP contribution in [0.5, 0.6) is 0 Å². The Balaban J connectivity index is 1.98. The third-order valence-electron chi connectivity index (χ3n) is 3.93. The van der Waals surface area contributed by atoms with Crippen molar-refractivity contribution in [2.75, 3.05) is 6.54 Å². The zero-order valence-corrected chi connectivity index (χ0v) is 12.7. The fraction of sp³-hybridized carbons (Fsp3) is 0.867. The Morgan fingerprint density at radius 1 is 1.40 bits per heavy atom. The van der Waals surface area contributed by atoms with Gasteiger partial charge in [0.2, 0.25) is 5.89 Å². The molecule has 1 aromatic rings. The van der Waals surface area contributed by atoms with Crippen molar-refractivity contribution in [1.29, 1.82) is 0 Å². The number of aromatic nitrogens is 2. The number of likely N-dealkylation sites (tertiary alicyclic amines) is 1. The van der Waals surface area contributed by atoms with Gasteiger partial charge in [-0.2, -0.15) is 4.98 Å². The maximum Gasteiger partial charge on any atom is 0.240 e. The minimum atomic E-state index is -0.251. The molecule has 0 aliphatic carbocycles. The Kier molecular flexibility index (Phi) is 5.98. The van der Waals surface area contributed by atoms with Crippen molar-refractivity contribution < 1.29 is 9.63 Å². The highest BCUT2D eigenvalue weighted by molar-refractivity contribution is 4.88. The summed E-state index contributed by atoms with van der Waals surface area (Å²) < 4.78 is 5.35. The summed E-state index contributed by atoms with van der Waals surface area (Å²) in [6.07, 6.45) is 7.38. The quantitative estimate of drug-likeness (QED) is 0.868. The fourth-order valence-electron chi connectivity index (χ4n) is 2.96. The standard InChI is InChI=1S/C15H27N3O2/c1-3-7-14-16-15(20-17-14)11-18-9-6-4-5-8-13(18)10-12(2)19/h12-13,19H,3-11H2,1-2H3. The summed E-state index contributed by atoms with van der Waals surface area (Å²) in [6.45, 7) is 5.76. The third-order valence-corrected chi connectivity index (χ3v) is 3.93. The van der Waals surface area contributed by atoms with Gasteiger partial charge in [0, 0.05) is 12.5 Å². The number of rotatable bonds is 6. The predicted octanol–water partition coefficient (Wildman–Crippen LogP) is 2.54. The lowest BCUT2D eigenvalue weighted by Crippen LogP contribution is -2.36. The summed E-state index contributed by atoms with van der Waals surface area (Å²) in [4.78, 5) is 6.86. The van der Waals surface area contributed by atoms with Crippen LogP contribution in [0.2, 0.25) is 0 Å². The van der Waals surface area contributed by atoms with Crippen molar-refractivity contribution in [1.82, 2.24) is 15.0 Å². The topological polar surface area (TPSA) is 62.4 Å². The first kappa shape index (κ1) is 15.4. The van der Waals surface area contributed by atoms with Crippen LogP contribution in [0.1, 0.15) is 64.1 Å². The highest BCUT2D eigenvalue weighted by atomic mass is 16.5. The highest BCUT2D eigenvalue weighted by Crippen LogP contribution is 2.22. The smallest absolute Gasteiger partial charge is 0.240 e. The molecule has 1 aliphatic rings. The molecule has 1 aliphatic heterocycles. The van der Waals surface area contributed by atoms with Gasteiger partial charge in [-0.05, 0) is 39.2 Å². The van der Waals surface area contributed by atoms with Gasteiger partial charge < -0.3 is 9.63 Å². The van der Waals surface area contributed by atoms with Crippen LogP contribution in [0.25, 0.3) is 0 Å². The second kappa shape index (κ2) is 7.74. The summed E-state index contributed by atoms with van der Waals surface area (Å²) in [6, 6.07) is 0.430. The molecule has 20 heavy (non-hydrogen) atoms. The Morgan fingerprint density at radius 3 is 3.00 bits per heavy atom.